The Morgan fingerprint density at radius 2 is 2.08 bits per heavy atom. The number of amides is 1. The summed E-state index contributed by atoms with van der Waals surface area (Å²) in [6.07, 6.45) is 3.49. The van der Waals surface area contributed by atoms with Crippen molar-refractivity contribution in [1.29, 1.82) is 0 Å². The Hall–Kier alpha value is -1.93. The van der Waals surface area contributed by atoms with Crippen molar-refractivity contribution in [3.8, 4) is 0 Å². The molecule has 8 heteroatoms. The molecule has 0 unspecified atom stereocenters. The minimum Gasteiger partial charge on any atom is -0.383 e. The molecular weight excluding hydrogens is 312 g/mol. The zero-order valence-corrected chi connectivity index (χ0v) is 14.2. The first-order valence-electron chi connectivity index (χ1n) is 8.31. The van der Waals surface area contributed by atoms with Gasteiger partial charge in [-0.3, -0.25) is 19.5 Å². The number of piperidine rings is 1. The van der Waals surface area contributed by atoms with Crippen molar-refractivity contribution in [3.05, 3.63) is 32.6 Å². The molecule has 4 rings (SSSR count). The van der Waals surface area contributed by atoms with Gasteiger partial charge < -0.3 is 14.2 Å². The summed E-state index contributed by atoms with van der Waals surface area (Å²) < 4.78 is 6.40. The largest absolute Gasteiger partial charge is 0.383 e. The molecule has 0 spiro atoms. The summed E-state index contributed by atoms with van der Waals surface area (Å²) in [6.45, 7) is 3.77. The highest BCUT2D eigenvalue weighted by Crippen LogP contribution is 2.28. The molecule has 0 aromatic carbocycles. The minimum absolute atomic E-state index is 0.0295. The smallest absolute Gasteiger partial charge is 0.328 e. The molecule has 1 aromatic rings. The molecule has 1 aromatic heterocycles. The molecule has 132 valence electrons. The lowest BCUT2D eigenvalue weighted by Crippen LogP contribution is -2.46. The first-order chi connectivity index (χ1) is 11.5. The van der Waals surface area contributed by atoms with Gasteiger partial charge in [0.25, 0.3) is 11.5 Å². The van der Waals surface area contributed by atoms with E-state index in [-0.39, 0.29) is 11.5 Å². The number of H-pyrrole nitrogens is 1. The topological polar surface area (TPSA) is 87.6 Å². The summed E-state index contributed by atoms with van der Waals surface area (Å²) in [4.78, 5) is 42.6. The molecule has 1 N–H and O–H groups in total. The zero-order valence-electron chi connectivity index (χ0n) is 14.2. The Labute approximate surface area is 140 Å². The number of nitrogens with one attached hydrogen (secondary N) is 1. The van der Waals surface area contributed by atoms with Crippen LogP contribution in [0.2, 0.25) is 0 Å². The van der Waals surface area contributed by atoms with Crippen LogP contribution in [-0.2, 0) is 11.8 Å². The number of hydrogen-bond acceptors (Lipinski definition) is 5. The molecule has 3 aliphatic rings. The number of hydrogen-bond donors (Lipinski definition) is 1. The molecule has 0 radical (unpaired) electrons. The van der Waals surface area contributed by atoms with E-state index in [1.54, 1.807) is 12.0 Å². The molecule has 3 saturated heterocycles. The van der Waals surface area contributed by atoms with Crippen molar-refractivity contribution in [1.82, 2.24) is 19.4 Å². The van der Waals surface area contributed by atoms with E-state index in [1.165, 1.54) is 17.8 Å². The Balaban J connectivity index is 1.81. The Morgan fingerprint density at radius 1 is 1.29 bits per heavy atom. The molecular formula is C16H24N4O4. The summed E-state index contributed by atoms with van der Waals surface area (Å²) in [7, 11) is 3.21. The Bertz CT molecular complexity index is 726. The number of fused-ring (bicyclic) bond motifs is 4. The Morgan fingerprint density at radius 3 is 2.83 bits per heavy atom. The number of aryl methyl sites for hydroxylation is 1. The van der Waals surface area contributed by atoms with E-state index in [0.29, 0.717) is 31.7 Å². The van der Waals surface area contributed by atoms with Crippen LogP contribution in [0.5, 0.6) is 0 Å². The number of aromatic nitrogens is 2. The van der Waals surface area contributed by atoms with Gasteiger partial charge in [0.2, 0.25) is 0 Å². The van der Waals surface area contributed by atoms with Crippen molar-refractivity contribution >= 4 is 5.91 Å². The quantitative estimate of drug-likeness (QED) is 0.782. The molecule has 4 heterocycles. The molecule has 2 atom stereocenters. The van der Waals surface area contributed by atoms with Crippen molar-refractivity contribution in [2.75, 3.05) is 39.9 Å². The van der Waals surface area contributed by atoms with Gasteiger partial charge in [0.15, 0.2) is 0 Å². The lowest BCUT2D eigenvalue weighted by molar-refractivity contribution is 0.0715. The fraction of sp³-hybridized carbons (Fsp3) is 0.688. The van der Waals surface area contributed by atoms with Crippen LogP contribution < -0.4 is 11.2 Å². The van der Waals surface area contributed by atoms with Crippen LogP contribution in [0.3, 0.4) is 0 Å². The van der Waals surface area contributed by atoms with Gasteiger partial charge in [-0.2, -0.15) is 0 Å². The van der Waals surface area contributed by atoms with Crippen molar-refractivity contribution in [3.63, 3.8) is 0 Å². The second-order valence-electron chi connectivity index (χ2n) is 6.71. The molecule has 3 aliphatic heterocycles. The second kappa shape index (κ2) is 6.90. The standard InChI is InChI=1S/C16H24N4O4/c1-18-10-13(14(21)17-16(18)23)15(22)20-8-11-3-4-12(9-20)19(7-11)5-6-24-2/h10-12H,3-9H2,1-2H3,(H,17,21,23)/t11-,12-/m1/s1. The average Bonchev–Trinajstić information content (AvgIpc) is 2.87. The van der Waals surface area contributed by atoms with E-state index >= 15 is 0 Å². The van der Waals surface area contributed by atoms with Gasteiger partial charge in [0.05, 0.1) is 6.61 Å². The van der Waals surface area contributed by atoms with E-state index in [0.717, 1.165) is 25.9 Å². The van der Waals surface area contributed by atoms with Gasteiger partial charge in [-0.05, 0) is 18.8 Å². The summed E-state index contributed by atoms with van der Waals surface area (Å²) in [5.74, 6) is 0.119. The molecule has 1 amide bonds. The highest BCUT2D eigenvalue weighted by molar-refractivity contribution is 5.93. The van der Waals surface area contributed by atoms with Crippen molar-refractivity contribution < 1.29 is 9.53 Å². The zero-order chi connectivity index (χ0) is 17.3. The number of aromatic amines is 1. The van der Waals surface area contributed by atoms with E-state index < -0.39 is 11.2 Å². The SMILES string of the molecule is COCCN1C[C@H]2CC[C@@H]1CN(C(=O)c1cn(C)c(=O)[nH]c1=O)C2. The third kappa shape index (κ3) is 3.29. The van der Waals surface area contributed by atoms with Gasteiger partial charge in [-0.1, -0.05) is 0 Å². The minimum atomic E-state index is -0.615. The van der Waals surface area contributed by atoms with Gasteiger partial charge >= 0.3 is 5.69 Å². The van der Waals surface area contributed by atoms with Crippen molar-refractivity contribution in [2.45, 2.75) is 18.9 Å². The molecule has 0 aliphatic carbocycles. The molecule has 24 heavy (non-hydrogen) atoms. The van der Waals surface area contributed by atoms with Crippen molar-refractivity contribution in [2.24, 2.45) is 13.0 Å². The first-order valence-corrected chi connectivity index (χ1v) is 8.31. The fourth-order valence-corrected chi connectivity index (χ4v) is 3.71. The maximum Gasteiger partial charge on any atom is 0.328 e. The predicted molar refractivity (Wildman–Crippen MR) is 88.2 cm³/mol. The summed E-state index contributed by atoms with van der Waals surface area (Å²) in [5, 5.41) is 0. The van der Waals surface area contributed by atoms with Crippen LogP contribution >= 0.6 is 0 Å². The second-order valence-corrected chi connectivity index (χ2v) is 6.71. The average molecular weight is 336 g/mol. The third-order valence-electron chi connectivity index (χ3n) is 5.04. The third-order valence-corrected chi connectivity index (χ3v) is 5.04. The molecule has 0 saturated carbocycles. The van der Waals surface area contributed by atoms with Crippen LogP contribution in [0.25, 0.3) is 0 Å². The van der Waals surface area contributed by atoms with Gasteiger partial charge in [-0.25, -0.2) is 4.79 Å². The van der Waals surface area contributed by atoms with E-state index in [2.05, 4.69) is 9.88 Å². The highest BCUT2D eigenvalue weighted by Gasteiger charge is 2.36. The number of carbonyl (C=O) groups is 1. The highest BCUT2D eigenvalue weighted by atomic mass is 16.5. The predicted octanol–water partition coefficient (Wildman–Crippen LogP) is -0.744. The van der Waals surface area contributed by atoms with Gasteiger partial charge in [0, 0.05) is 52.6 Å². The maximum atomic E-state index is 12.8. The molecule has 8 nitrogen and oxygen atoms in total. The first kappa shape index (κ1) is 16.9. The van der Waals surface area contributed by atoms with Gasteiger partial charge in [-0.15, -0.1) is 0 Å². The summed E-state index contributed by atoms with van der Waals surface area (Å²) in [6, 6.07) is 0.300. The number of methoxy groups -OCH3 is 1. The van der Waals surface area contributed by atoms with Crippen LogP contribution in [0, 0.1) is 5.92 Å². The van der Waals surface area contributed by atoms with Crippen LogP contribution in [-0.4, -0.2) is 71.2 Å². The number of ether oxygens (including phenoxy) is 1. The fourth-order valence-electron chi connectivity index (χ4n) is 3.71. The van der Waals surface area contributed by atoms with Crippen LogP contribution in [0.1, 0.15) is 23.2 Å². The normalized spacial score (nSPS) is 24.2. The lowest BCUT2D eigenvalue weighted by Gasteiger charge is -2.35. The maximum absolute atomic E-state index is 12.8. The van der Waals surface area contributed by atoms with Crippen LogP contribution in [0.15, 0.2) is 15.8 Å². The van der Waals surface area contributed by atoms with E-state index in [1.807, 2.05) is 0 Å². The summed E-state index contributed by atoms with van der Waals surface area (Å²) in [5.41, 5.74) is -1.10. The van der Waals surface area contributed by atoms with Gasteiger partial charge in [0.1, 0.15) is 5.56 Å². The van der Waals surface area contributed by atoms with E-state index in [9.17, 15) is 14.4 Å². The van der Waals surface area contributed by atoms with Crippen LogP contribution in [0.4, 0.5) is 0 Å². The lowest BCUT2D eigenvalue weighted by atomic mass is 9.95. The van der Waals surface area contributed by atoms with E-state index in [4.69, 9.17) is 4.74 Å². The molecule has 2 bridgehead atoms. The monoisotopic (exact) mass is 336 g/mol. The number of nitrogens with zero attached hydrogens (tertiary/aromatic N) is 3. The summed E-state index contributed by atoms with van der Waals surface area (Å²) >= 11 is 0. The molecule has 3 fully saturated rings. The number of carbonyl (C=O) groups excluding carboxylic acids is 1. The Kier molecular flexibility index (Phi) is 4.86. The number of rotatable bonds is 4.